The quantitative estimate of drug-likeness (QED) is 0.0634. The lowest BCUT2D eigenvalue weighted by Crippen LogP contribution is -2.03. The first-order valence-corrected chi connectivity index (χ1v) is 47.7. The maximum Gasteiger partial charge on any atom is -0.00139 e. The van der Waals surface area contributed by atoms with Crippen LogP contribution in [0.2, 0.25) is 0 Å². The molecule has 0 heterocycles. The molecule has 0 heteroatoms. The Labute approximate surface area is 809 Å². The second-order valence-electron chi connectivity index (χ2n) is 35.3. The predicted octanol–water partition coefficient (Wildman–Crippen LogP) is 38.4. The Bertz CT molecular complexity index is 7710. The summed E-state index contributed by atoms with van der Waals surface area (Å²) in [7, 11) is 0. The molecule has 0 aliphatic carbocycles. The zero-order chi connectivity index (χ0) is 91.9. The van der Waals surface area contributed by atoms with Gasteiger partial charge >= 0.3 is 0 Å². The smallest absolute Gasteiger partial charge is 0.00139 e. The van der Waals surface area contributed by atoms with Crippen LogP contribution >= 0.6 is 0 Å². The molecular formula is C138H94. The summed E-state index contributed by atoms with van der Waals surface area (Å²) in [4.78, 5) is 0. The highest BCUT2D eigenvalue weighted by Crippen LogP contribution is 2.61. The fourth-order valence-electron chi connectivity index (χ4n) is 21.2. The summed E-state index contributed by atoms with van der Waals surface area (Å²) in [5.74, 6) is 0. The van der Waals surface area contributed by atoms with Gasteiger partial charge < -0.3 is 0 Å². The molecule has 0 spiro atoms. The molecular weight excluding hydrogens is 1660 g/mol. The number of rotatable bonds is 22. The van der Waals surface area contributed by atoms with E-state index < -0.39 is 0 Å². The van der Waals surface area contributed by atoms with E-state index in [1.165, 1.54) is 33.4 Å². The monoisotopic (exact) mass is 1750 g/mol. The van der Waals surface area contributed by atoms with Crippen LogP contribution in [0.4, 0.5) is 0 Å². The molecule has 0 saturated carbocycles. The van der Waals surface area contributed by atoms with Crippen LogP contribution in [0.25, 0.3) is 245 Å². The van der Waals surface area contributed by atoms with Crippen LogP contribution in [0.15, 0.2) is 570 Å². The molecule has 0 amide bonds. The third kappa shape index (κ3) is 16.2. The molecule has 0 aliphatic rings. The van der Waals surface area contributed by atoms with E-state index in [0.717, 1.165) is 211 Å². The minimum atomic E-state index is 1.06. The molecule has 0 aromatic heterocycles. The Morgan fingerprint density at radius 3 is 0.246 bits per heavy atom. The van der Waals surface area contributed by atoms with Crippen molar-refractivity contribution in [1.29, 1.82) is 0 Å². The first-order chi connectivity index (χ1) is 68.6. The summed E-state index contributed by atoms with van der Waals surface area (Å²) in [6.45, 7) is 0. The van der Waals surface area contributed by atoms with Crippen molar-refractivity contribution in [2.45, 2.75) is 0 Å². The maximum absolute atomic E-state index is 2.47. The van der Waals surface area contributed by atoms with Crippen molar-refractivity contribution >= 4 is 0 Å². The molecule has 0 saturated heterocycles. The van der Waals surface area contributed by atoms with Crippen molar-refractivity contribution in [3.63, 3.8) is 0 Å². The molecule has 0 N–H and O–H groups in total. The van der Waals surface area contributed by atoms with Crippen molar-refractivity contribution in [2.24, 2.45) is 0 Å². The van der Waals surface area contributed by atoms with Crippen molar-refractivity contribution in [1.82, 2.24) is 0 Å². The average molecular weight is 1750 g/mol. The number of hydrogen-bond donors (Lipinski definition) is 0. The largest absolute Gasteiger partial charge is 0.0622 e. The predicted molar refractivity (Wildman–Crippen MR) is 586 cm³/mol. The molecule has 23 aromatic rings. The van der Waals surface area contributed by atoms with E-state index in [1.54, 1.807) is 0 Å². The van der Waals surface area contributed by atoms with Gasteiger partial charge in [0.25, 0.3) is 0 Å². The standard InChI is InChI=1S/C138H94/c1-17-49-95(50-18-1)117-93-119(123(101-57-25-5-26-58-101)125(103-61-29-7-30-62-103)121(117)99-53-21-3-22-54-99)97-81-85-113(86-82-97)135-131(109-73-41-13-42-74-109)127(105-65-33-9-34-66-105)129(107-69-37-11-38-70-107)133(111-77-45-15-46-78-111)137(135)115-89-91-116(92-90-115)138-134(112-79-47-16-48-80-112)130(108-71-39-12-40-72-108)128(106-67-35-10-36-68-106)132(110-75-43-14-44-76-110)136(138)114-87-83-98(84-88-114)120-94-118(96-51-19-2-20-52-96)122(100-55-23-4-24-56-100)126(104-63-31-8-32-64-104)124(120)102-59-27-6-28-60-102/h1-94H. The van der Waals surface area contributed by atoms with E-state index in [9.17, 15) is 0 Å². The van der Waals surface area contributed by atoms with E-state index in [0.29, 0.717) is 0 Å². The lowest BCUT2D eigenvalue weighted by molar-refractivity contribution is 1.50. The van der Waals surface area contributed by atoms with Gasteiger partial charge in [-0.15, -0.1) is 0 Å². The normalized spacial score (nSPS) is 11.2. The van der Waals surface area contributed by atoms with Gasteiger partial charge in [-0.1, -0.05) is 558 Å². The van der Waals surface area contributed by atoms with Gasteiger partial charge in [0.05, 0.1) is 0 Å². The summed E-state index contributed by atoms with van der Waals surface area (Å²) in [5.41, 5.74) is 49.6. The van der Waals surface area contributed by atoms with Gasteiger partial charge in [-0.05, 0) is 257 Å². The van der Waals surface area contributed by atoms with E-state index in [1.807, 2.05) is 0 Å². The second-order valence-corrected chi connectivity index (χ2v) is 35.3. The summed E-state index contributed by atoms with van der Waals surface area (Å²) in [6.07, 6.45) is 0. The zero-order valence-electron chi connectivity index (χ0n) is 76.3. The fourth-order valence-corrected chi connectivity index (χ4v) is 21.2. The van der Waals surface area contributed by atoms with Crippen LogP contribution in [0.5, 0.6) is 0 Å². The Kier molecular flexibility index (Phi) is 23.4. The topological polar surface area (TPSA) is 0 Å². The van der Waals surface area contributed by atoms with Crippen molar-refractivity contribution in [2.75, 3.05) is 0 Å². The van der Waals surface area contributed by atoms with Gasteiger partial charge in [-0.25, -0.2) is 0 Å². The van der Waals surface area contributed by atoms with Crippen molar-refractivity contribution in [3.05, 3.63) is 570 Å². The third-order valence-electron chi connectivity index (χ3n) is 27.1. The molecule has 23 aromatic carbocycles. The van der Waals surface area contributed by atoms with Crippen LogP contribution in [-0.2, 0) is 0 Å². The van der Waals surface area contributed by atoms with Crippen LogP contribution in [0.3, 0.4) is 0 Å². The van der Waals surface area contributed by atoms with Crippen LogP contribution in [-0.4, -0.2) is 0 Å². The Morgan fingerprint density at radius 1 is 0.0580 bits per heavy atom. The first kappa shape index (κ1) is 84.3. The first-order valence-electron chi connectivity index (χ1n) is 47.7. The molecule has 0 bridgehead atoms. The molecule has 0 nitrogen and oxygen atoms in total. The third-order valence-corrected chi connectivity index (χ3v) is 27.1. The summed E-state index contributed by atoms with van der Waals surface area (Å²) in [6, 6.07) is 212. The van der Waals surface area contributed by atoms with Gasteiger partial charge in [0.1, 0.15) is 0 Å². The van der Waals surface area contributed by atoms with Crippen LogP contribution in [0, 0.1) is 0 Å². The molecule has 0 fully saturated rings. The van der Waals surface area contributed by atoms with Gasteiger partial charge in [-0.2, -0.15) is 0 Å². The van der Waals surface area contributed by atoms with E-state index in [-0.39, 0.29) is 0 Å². The van der Waals surface area contributed by atoms with Gasteiger partial charge in [0, 0.05) is 0 Å². The summed E-state index contributed by atoms with van der Waals surface area (Å²) in [5, 5.41) is 0. The molecule has 0 radical (unpaired) electrons. The minimum absolute atomic E-state index is 1.06. The van der Waals surface area contributed by atoms with Gasteiger partial charge in [0.2, 0.25) is 0 Å². The Morgan fingerprint density at radius 2 is 0.130 bits per heavy atom. The van der Waals surface area contributed by atoms with Crippen molar-refractivity contribution in [3.8, 4) is 245 Å². The average Bonchev–Trinajstić information content (AvgIpc) is 0.718. The molecule has 138 heavy (non-hydrogen) atoms. The Balaban J connectivity index is 0.824. The van der Waals surface area contributed by atoms with E-state index in [4.69, 9.17) is 0 Å². The van der Waals surface area contributed by atoms with Crippen molar-refractivity contribution < 1.29 is 0 Å². The lowest BCUT2D eigenvalue weighted by atomic mass is 9.73. The minimum Gasteiger partial charge on any atom is -0.0622 e. The van der Waals surface area contributed by atoms with Gasteiger partial charge in [-0.3, -0.25) is 0 Å². The number of hydrogen-bond acceptors (Lipinski definition) is 0. The SMILES string of the molecule is c1ccc(-c2cc(-c3ccc(-c4c(-c5ccccc5)c(-c5ccccc5)c(-c5ccccc5)c(-c5ccccc5)c4-c4ccc(-c5c(-c6ccccc6)c(-c6ccccc6)c(-c6ccccc6)c(-c6ccccc6)c5-c5ccc(-c6cc(-c7ccccc7)c(-c7ccccc7)c(-c7ccccc7)c6-c6ccccc6)cc5)cc4)cc3)c(-c3ccccc3)c(-c3ccccc3)c2-c2ccccc2)cc1. The highest BCUT2D eigenvalue weighted by atomic mass is 14.4. The number of benzene rings is 23. The molecule has 0 aliphatic heterocycles. The highest BCUT2D eigenvalue weighted by molar-refractivity contribution is 6.19. The summed E-state index contributed by atoms with van der Waals surface area (Å²) >= 11 is 0. The van der Waals surface area contributed by atoms with Crippen LogP contribution < -0.4 is 0 Å². The summed E-state index contributed by atoms with van der Waals surface area (Å²) < 4.78 is 0. The highest BCUT2D eigenvalue weighted by Gasteiger charge is 2.35. The molecule has 646 valence electrons. The van der Waals surface area contributed by atoms with E-state index in [2.05, 4.69) is 570 Å². The zero-order valence-corrected chi connectivity index (χ0v) is 76.3. The fraction of sp³-hybridized carbons (Fsp3) is 0. The maximum atomic E-state index is 2.47. The van der Waals surface area contributed by atoms with E-state index >= 15 is 0 Å². The molecule has 0 atom stereocenters. The molecule has 23 rings (SSSR count). The second kappa shape index (κ2) is 38.3. The van der Waals surface area contributed by atoms with Crippen LogP contribution in [0.1, 0.15) is 0 Å². The Hall–Kier alpha value is -17.9. The lowest BCUT2D eigenvalue weighted by Gasteiger charge is -2.30. The van der Waals surface area contributed by atoms with Gasteiger partial charge in [0.15, 0.2) is 0 Å². The molecule has 0 unspecified atom stereocenters.